The highest BCUT2D eigenvalue weighted by Gasteiger charge is 2.24. The van der Waals surface area contributed by atoms with Crippen molar-refractivity contribution < 1.29 is 4.79 Å². The van der Waals surface area contributed by atoms with Crippen molar-refractivity contribution in [3.05, 3.63) is 30.4 Å². The predicted octanol–water partition coefficient (Wildman–Crippen LogP) is 1.33. The van der Waals surface area contributed by atoms with Crippen LogP contribution in [-0.2, 0) is 0 Å². The van der Waals surface area contributed by atoms with E-state index in [2.05, 4.69) is 22.3 Å². The molecule has 1 aliphatic rings. The lowest BCUT2D eigenvalue weighted by Gasteiger charge is -2.25. The Labute approximate surface area is 124 Å². The Hall–Kier alpha value is -1.95. The van der Waals surface area contributed by atoms with Crippen molar-refractivity contribution in [1.82, 2.24) is 24.8 Å². The van der Waals surface area contributed by atoms with E-state index in [1.165, 1.54) is 6.42 Å². The number of fused-ring (bicyclic) bond motifs is 1. The van der Waals surface area contributed by atoms with Crippen molar-refractivity contribution in [3.8, 4) is 0 Å². The van der Waals surface area contributed by atoms with E-state index in [-0.39, 0.29) is 5.91 Å². The molecule has 0 aliphatic carbocycles. The molecule has 0 radical (unpaired) electrons. The summed E-state index contributed by atoms with van der Waals surface area (Å²) in [6, 6.07) is 0.417. The van der Waals surface area contributed by atoms with Gasteiger partial charge in [-0.1, -0.05) is 6.92 Å². The van der Waals surface area contributed by atoms with Crippen LogP contribution in [-0.4, -0.2) is 51.1 Å². The number of aromatic nitrogens is 3. The van der Waals surface area contributed by atoms with Gasteiger partial charge in [0, 0.05) is 31.5 Å². The van der Waals surface area contributed by atoms with Crippen molar-refractivity contribution in [2.75, 3.05) is 19.6 Å². The first-order valence-electron chi connectivity index (χ1n) is 7.59. The Balaban J connectivity index is 1.82. The number of hydrogen-bond donors (Lipinski definition) is 1. The van der Waals surface area contributed by atoms with Gasteiger partial charge < -0.3 is 10.2 Å². The Morgan fingerprint density at radius 3 is 3.19 bits per heavy atom. The maximum atomic E-state index is 12.8. The number of carbonyl (C=O) groups excluding carboxylic acids is 1. The van der Waals surface area contributed by atoms with Crippen LogP contribution in [0.3, 0.4) is 0 Å². The van der Waals surface area contributed by atoms with Gasteiger partial charge in [-0.15, -0.1) is 0 Å². The molecule has 6 nitrogen and oxygen atoms in total. The van der Waals surface area contributed by atoms with Crippen LogP contribution in [0.15, 0.2) is 24.8 Å². The number of nitrogens with zero attached hydrogens (tertiary/aromatic N) is 4. The molecule has 1 fully saturated rings. The minimum atomic E-state index is 0.0496. The van der Waals surface area contributed by atoms with Crippen LogP contribution in [0.1, 0.15) is 36.5 Å². The molecule has 112 valence electrons. The summed E-state index contributed by atoms with van der Waals surface area (Å²) in [5.74, 6) is 0.0496. The highest BCUT2D eigenvalue weighted by atomic mass is 16.2. The quantitative estimate of drug-likeness (QED) is 0.901. The second kappa shape index (κ2) is 6.22. The van der Waals surface area contributed by atoms with Gasteiger partial charge in [0.1, 0.15) is 0 Å². The van der Waals surface area contributed by atoms with Crippen molar-refractivity contribution >= 4 is 11.4 Å². The molecule has 1 N–H and O–H groups in total. The minimum Gasteiger partial charge on any atom is -0.337 e. The van der Waals surface area contributed by atoms with Gasteiger partial charge in [0.15, 0.2) is 0 Å². The molecule has 21 heavy (non-hydrogen) atoms. The van der Waals surface area contributed by atoms with Gasteiger partial charge in [-0.05, 0) is 25.8 Å². The molecule has 3 heterocycles. The van der Waals surface area contributed by atoms with Gasteiger partial charge in [0.25, 0.3) is 5.91 Å². The number of amides is 1. The van der Waals surface area contributed by atoms with Gasteiger partial charge in [0.2, 0.25) is 0 Å². The zero-order valence-corrected chi connectivity index (χ0v) is 12.3. The van der Waals surface area contributed by atoms with Gasteiger partial charge in [-0.2, -0.15) is 5.10 Å². The average Bonchev–Trinajstić information content (AvgIpc) is 3.15. The average molecular weight is 287 g/mol. The standard InChI is InChI=1S/C15H21N5O/c1-2-7-19(11-12-4-3-5-17-12)15(21)13-9-18-20-8-6-16-10-14(13)20/h6,8-10,12,17H,2-5,7,11H2,1H3. The van der Waals surface area contributed by atoms with Crippen molar-refractivity contribution in [1.29, 1.82) is 0 Å². The van der Waals surface area contributed by atoms with Crippen LogP contribution in [0, 0.1) is 0 Å². The molecule has 6 heteroatoms. The van der Waals surface area contributed by atoms with E-state index in [0.29, 0.717) is 11.6 Å². The second-order valence-corrected chi connectivity index (χ2v) is 5.51. The Bertz CT molecular complexity index is 617. The van der Waals surface area contributed by atoms with Gasteiger partial charge in [-0.25, -0.2) is 4.52 Å². The molecule has 1 amide bonds. The first-order chi connectivity index (χ1) is 10.3. The third kappa shape index (κ3) is 2.90. The van der Waals surface area contributed by atoms with E-state index >= 15 is 0 Å². The monoisotopic (exact) mass is 287 g/mol. The van der Waals surface area contributed by atoms with E-state index in [9.17, 15) is 4.79 Å². The molecule has 0 aromatic carbocycles. The van der Waals surface area contributed by atoms with Crippen molar-refractivity contribution in [2.45, 2.75) is 32.2 Å². The third-order valence-corrected chi connectivity index (χ3v) is 3.94. The Morgan fingerprint density at radius 2 is 2.43 bits per heavy atom. The molecule has 0 spiro atoms. The summed E-state index contributed by atoms with van der Waals surface area (Å²) in [5, 5.41) is 7.68. The van der Waals surface area contributed by atoms with Crippen molar-refractivity contribution in [2.24, 2.45) is 0 Å². The normalized spacial score (nSPS) is 18.2. The molecular weight excluding hydrogens is 266 g/mol. The van der Waals surface area contributed by atoms with E-state index < -0.39 is 0 Å². The van der Waals surface area contributed by atoms with Crippen LogP contribution >= 0.6 is 0 Å². The molecule has 0 saturated carbocycles. The molecule has 1 saturated heterocycles. The van der Waals surface area contributed by atoms with E-state index in [0.717, 1.165) is 38.0 Å². The number of hydrogen-bond acceptors (Lipinski definition) is 4. The van der Waals surface area contributed by atoms with Gasteiger partial charge >= 0.3 is 0 Å². The fourth-order valence-corrected chi connectivity index (χ4v) is 2.89. The third-order valence-electron chi connectivity index (χ3n) is 3.94. The molecule has 1 atom stereocenters. The number of nitrogens with one attached hydrogen (secondary N) is 1. The Morgan fingerprint density at radius 1 is 1.52 bits per heavy atom. The lowest BCUT2D eigenvalue weighted by atomic mass is 10.2. The van der Waals surface area contributed by atoms with Crippen LogP contribution in [0.4, 0.5) is 0 Å². The predicted molar refractivity (Wildman–Crippen MR) is 80.2 cm³/mol. The van der Waals surface area contributed by atoms with E-state index in [4.69, 9.17) is 0 Å². The lowest BCUT2D eigenvalue weighted by Crippen LogP contribution is -2.41. The zero-order valence-electron chi connectivity index (χ0n) is 12.3. The molecule has 1 unspecified atom stereocenters. The molecule has 2 aromatic heterocycles. The summed E-state index contributed by atoms with van der Waals surface area (Å²) in [4.78, 5) is 18.8. The lowest BCUT2D eigenvalue weighted by molar-refractivity contribution is 0.0744. The van der Waals surface area contributed by atoms with Crippen LogP contribution in [0.2, 0.25) is 0 Å². The maximum Gasteiger partial charge on any atom is 0.257 e. The maximum absolute atomic E-state index is 12.8. The molecule has 2 aromatic rings. The fourth-order valence-electron chi connectivity index (χ4n) is 2.89. The SMILES string of the molecule is CCCN(CC1CCCN1)C(=O)c1cnn2ccncc12. The molecule has 3 rings (SSSR count). The fraction of sp³-hybridized carbons (Fsp3) is 0.533. The highest BCUT2D eigenvalue weighted by molar-refractivity contribution is 6.00. The summed E-state index contributed by atoms with van der Waals surface area (Å²) in [6.07, 6.45) is 10.1. The number of carbonyl (C=O) groups is 1. The van der Waals surface area contributed by atoms with Crippen molar-refractivity contribution in [3.63, 3.8) is 0 Å². The van der Waals surface area contributed by atoms with Crippen LogP contribution in [0.5, 0.6) is 0 Å². The molecule has 0 bridgehead atoms. The van der Waals surface area contributed by atoms with E-state index in [1.54, 1.807) is 29.3 Å². The second-order valence-electron chi connectivity index (χ2n) is 5.51. The first-order valence-corrected chi connectivity index (χ1v) is 7.59. The Kier molecular flexibility index (Phi) is 4.15. The summed E-state index contributed by atoms with van der Waals surface area (Å²) in [5.41, 5.74) is 1.40. The number of rotatable bonds is 5. The van der Waals surface area contributed by atoms with E-state index in [1.807, 2.05) is 4.90 Å². The summed E-state index contributed by atoms with van der Waals surface area (Å²) >= 11 is 0. The highest BCUT2D eigenvalue weighted by Crippen LogP contribution is 2.14. The molecule has 1 aliphatic heterocycles. The first kappa shape index (κ1) is 14.0. The van der Waals surface area contributed by atoms with Crippen LogP contribution in [0.25, 0.3) is 5.52 Å². The zero-order chi connectivity index (χ0) is 14.7. The summed E-state index contributed by atoms with van der Waals surface area (Å²) in [6.45, 7) is 4.69. The smallest absolute Gasteiger partial charge is 0.257 e. The molecular formula is C15H21N5O. The summed E-state index contributed by atoms with van der Waals surface area (Å²) in [7, 11) is 0. The van der Waals surface area contributed by atoms with Gasteiger partial charge in [0.05, 0.1) is 23.5 Å². The summed E-state index contributed by atoms with van der Waals surface area (Å²) < 4.78 is 1.69. The van der Waals surface area contributed by atoms with Crippen LogP contribution < -0.4 is 5.32 Å². The topological polar surface area (TPSA) is 62.5 Å². The largest absolute Gasteiger partial charge is 0.337 e. The van der Waals surface area contributed by atoms with Gasteiger partial charge in [-0.3, -0.25) is 9.78 Å². The minimum absolute atomic E-state index is 0.0496.